The molecule has 0 bridgehead atoms. The molecule has 0 saturated carbocycles. The Morgan fingerprint density at radius 1 is 1.42 bits per heavy atom. The normalized spacial score (nSPS) is 15.0. The van der Waals surface area contributed by atoms with E-state index < -0.39 is 24.7 Å². The van der Waals surface area contributed by atoms with E-state index in [2.05, 4.69) is 10.4 Å². The average molecular weight is 278 g/mol. The van der Waals surface area contributed by atoms with E-state index in [1.165, 1.54) is 6.92 Å². The summed E-state index contributed by atoms with van der Waals surface area (Å²) < 4.78 is 37.5. The van der Waals surface area contributed by atoms with Crippen molar-refractivity contribution in [1.82, 2.24) is 20.4 Å². The Kier molecular flexibility index (Phi) is 5.34. The molecule has 2 N–H and O–H groups in total. The maximum Gasteiger partial charge on any atom is 0.405 e. The van der Waals surface area contributed by atoms with E-state index in [9.17, 15) is 18.0 Å². The molecule has 1 aromatic heterocycles. The average Bonchev–Trinajstić information content (AvgIpc) is 2.77. The van der Waals surface area contributed by atoms with Crippen LogP contribution in [0.4, 0.5) is 13.2 Å². The van der Waals surface area contributed by atoms with Crippen molar-refractivity contribution in [3.8, 4) is 0 Å². The van der Waals surface area contributed by atoms with Gasteiger partial charge in [0.15, 0.2) is 0 Å². The van der Waals surface area contributed by atoms with Crippen LogP contribution in [0.2, 0.25) is 0 Å². The predicted molar refractivity (Wildman–Crippen MR) is 63.4 cm³/mol. The minimum Gasteiger partial charge on any atom is -0.346 e. The van der Waals surface area contributed by atoms with Gasteiger partial charge in [-0.05, 0) is 19.9 Å². The molecule has 19 heavy (non-hydrogen) atoms. The van der Waals surface area contributed by atoms with Crippen LogP contribution in [0.3, 0.4) is 0 Å². The molecular formula is C11H17F3N4O. The van der Waals surface area contributed by atoms with Crippen molar-refractivity contribution in [3.05, 3.63) is 18.5 Å². The van der Waals surface area contributed by atoms with Crippen LogP contribution >= 0.6 is 0 Å². The van der Waals surface area contributed by atoms with Crippen molar-refractivity contribution < 1.29 is 18.0 Å². The first-order valence-corrected chi connectivity index (χ1v) is 5.86. The molecule has 1 heterocycles. The standard InChI is InChI=1S/C11H17F3N4O/c1-8(6-18-5-3-4-16-18)17-9(2)10(19)15-7-11(12,13)14/h3-5,8-9,17H,6-7H2,1-2H3,(H,15,19)/t8-,9-/m1/s1. The fraction of sp³-hybridized carbons (Fsp3) is 0.636. The second kappa shape index (κ2) is 6.55. The van der Waals surface area contributed by atoms with Crippen LogP contribution in [-0.2, 0) is 11.3 Å². The molecule has 0 radical (unpaired) electrons. The van der Waals surface area contributed by atoms with Gasteiger partial charge in [0.25, 0.3) is 0 Å². The van der Waals surface area contributed by atoms with Crippen LogP contribution in [0.5, 0.6) is 0 Å². The Labute approximate surface area is 109 Å². The fourth-order valence-electron chi connectivity index (χ4n) is 1.58. The summed E-state index contributed by atoms with van der Waals surface area (Å²) in [4.78, 5) is 11.4. The SMILES string of the molecule is C[C@H](Cn1cccn1)N[C@H](C)C(=O)NCC(F)(F)F. The van der Waals surface area contributed by atoms with Gasteiger partial charge in [0.05, 0.1) is 12.6 Å². The number of carbonyl (C=O) groups excluding carboxylic acids is 1. The number of nitrogens with zero attached hydrogens (tertiary/aromatic N) is 2. The number of hydrogen-bond donors (Lipinski definition) is 2. The van der Waals surface area contributed by atoms with E-state index in [-0.39, 0.29) is 6.04 Å². The van der Waals surface area contributed by atoms with E-state index in [1.54, 1.807) is 23.1 Å². The zero-order valence-electron chi connectivity index (χ0n) is 10.7. The second-order valence-electron chi connectivity index (χ2n) is 4.35. The van der Waals surface area contributed by atoms with Crippen LogP contribution < -0.4 is 10.6 Å². The molecule has 108 valence electrons. The van der Waals surface area contributed by atoms with Gasteiger partial charge in [-0.25, -0.2) is 0 Å². The zero-order chi connectivity index (χ0) is 14.5. The number of alkyl halides is 3. The van der Waals surface area contributed by atoms with Crippen LogP contribution in [0.1, 0.15) is 13.8 Å². The molecule has 0 aliphatic carbocycles. The molecule has 0 aliphatic heterocycles. The van der Waals surface area contributed by atoms with Gasteiger partial charge in [0.2, 0.25) is 5.91 Å². The van der Waals surface area contributed by atoms with Crippen molar-refractivity contribution in [1.29, 1.82) is 0 Å². The van der Waals surface area contributed by atoms with Gasteiger partial charge in [-0.2, -0.15) is 18.3 Å². The van der Waals surface area contributed by atoms with Gasteiger partial charge < -0.3 is 10.6 Å². The highest BCUT2D eigenvalue weighted by Crippen LogP contribution is 2.12. The van der Waals surface area contributed by atoms with E-state index >= 15 is 0 Å². The van der Waals surface area contributed by atoms with Crippen LogP contribution in [0.15, 0.2) is 18.5 Å². The molecule has 5 nitrogen and oxygen atoms in total. The Hall–Kier alpha value is -1.57. The number of rotatable bonds is 6. The molecule has 1 amide bonds. The largest absolute Gasteiger partial charge is 0.405 e. The maximum atomic E-state index is 11.9. The number of nitrogens with one attached hydrogen (secondary N) is 2. The molecule has 2 atom stereocenters. The van der Waals surface area contributed by atoms with Gasteiger partial charge in [-0.15, -0.1) is 0 Å². The summed E-state index contributed by atoms with van der Waals surface area (Å²) in [5.74, 6) is -0.676. The molecule has 0 saturated heterocycles. The van der Waals surface area contributed by atoms with Crippen molar-refractivity contribution in [2.45, 2.75) is 38.7 Å². The van der Waals surface area contributed by atoms with Crippen LogP contribution in [-0.4, -0.2) is 40.5 Å². The number of halogens is 3. The summed E-state index contributed by atoms with van der Waals surface area (Å²) in [7, 11) is 0. The molecule has 0 aliphatic rings. The van der Waals surface area contributed by atoms with Crippen LogP contribution in [0, 0.1) is 0 Å². The Bertz CT molecular complexity index is 391. The first kappa shape index (κ1) is 15.5. The van der Waals surface area contributed by atoms with E-state index in [1.807, 2.05) is 12.2 Å². The first-order chi connectivity index (χ1) is 8.78. The molecule has 1 rings (SSSR count). The lowest BCUT2D eigenvalue weighted by molar-refractivity contribution is -0.139. The summed E-state index contributed by atoms with van der Waals surface area (Å²) in [6.07, 6.45) is -0.991. The summed E-state index contributed by atoms with van der Waals surface area (Å²) in [5.41, 5.74) is 0. The number of hydrogen-bond acceptors (Lipinski definition) is 3. The molecule has 0 fully saturated rings. The van der Waals surface area contributed by atoms with Gasteiger partial charge in [0.1, 0.15) is 6.54 Å². The maximum absolute atomic E-state index is 11.9. The number of carbonyl (C=O) groups is 1. The molecule has 0 aromatic carbocycles. The summed E-state index contributed by atoms with van der Waals surface area (Å²) in [5, 5.41) is 8.76. The van der Waals surface area contributed by atoms with Crippen LogP contribution in [0.25, 0.3) is 0 Å². The smallest absolute Gasteiger partial charge is 0.346 e. The van der Waals surface area contributed by atoms with Gasteiger partial charge in [-0.3, -0.25) is 9.48 Å². The summed E-state index contributed by atoms with van der Waals surface area (Å²) >= 11 is 0. The van der Waals surface area contributed by atoms with Gasteiger partial charge in [0, 0.05) is 18.4 Å². The van der Waals surface area contributed by atoms with E-state index in [0.29, 0.717) is 6.54 Å². The highest BCUT2D eigenvalue weighted by molar-refractivity contribution is 5.81. The summed E-state index contributed by atoms with van der Waals surface area (Å²) in [6.45, 7) is 2.57. The number of amides is 1. The van der Waals surface area contributed by atoms with E-state index in [0.717, 1.165) is 0 Å². The summed E-state index contributed by atoms with van der Waals surface area (Å²) in [6, 6.07) is 0.978. The monoisotopic (exact) mass is 278 g/mol. The predicted octanol–water partition coefficient (Wildman–Crippen LogP) is 0.928. The molecule has 8 heteroatoms. The Morgan fingerprint density at radius 3 is 2.63 bits per heavy atom. The minimum absolute atomic E-state index is 0.0912. The minimum atomic E-state index is -4.39. The third-order valence-corrected chi connectivity index (χ3v) is 2.41. The lowest BCUT2D eigenvalue weighted by Crippen LogP contribution is -2.48. The third kappa shape index (κ3) is 6.23. The Morgan fingerprint density at radius 2 is 2.11 bits per heavy atom. The van der Waals surface area contributed by atoms with Crippen molar-refractivity contribution in [2.75, 3.05) is 6.54 Å². The Balaban J connectivity index is 2.33. The highest BCUT2D eigenvalue weighted by Gasteiger charge is 2.28. The quantitative estimate of drug-likeness (QED) is 0.814. The van der Waals surface area contributed by atoms with E-state index in [4.69, 9.17) is 0 Å². The molecule has 0 spiro atoms. The van der Waals surface area contributed by atoms with Crippen molar-refractivity contribution in [3.63, 3.8) is 0 Å². The molecule has 1 aromatic rings. The highest BCUT2D eigenvalue weighted by atomic mass is 19.4. The topological polar surface area (TPSA) is 59.0 Å². The lowest BCUT2D eigenvalue weighted by Gasteiger charge is -2.20. The van der Waals surface area contributed by atoms with Gasteiger partial charge in [-0.1, -0.05) is 0 Å². The first-order valence-electron chi connectivity index (χ1n) is 5.86. The zero-order valence-corrected chi connectivity index (χ0v) is 10.7. The van der Waals surface area contributed by atoms with Crippen molar-refractivity contribution >= 4 is 5.91 Å². The molecular weight excluding hydrogens is 261 g/mol. The third-order valence-electron chi connectivity index (χ3n) is 2.41. The fourth-order valence-corrected chi connectivity index (χ4v) is 1.58. The van der Waals surface area contributed by atoms with Crippen molar-refractivity contribution in [2.24, 2.45) is 0 Å². The second-order valence-corrected chi connectivity index (χ2v) is 4.35. The number of aromatic nitrogens is 2. The lowest BCUT2D eigenvalue weighted by atomic mass is 10.2. The molecule has 0 unspecified atom stereocenters. The van der Waals surface area contributed by atoms with Gasteiger partial charge >= 0.3 is 6.18 Å².